The zero-order valence-electron chi connectivity index (χ0n) is 49.5. The van der Waals surface area contributed by atoms with Crippen LogP contribution < -0.4 is 9.64 Å². The molecule has 0 N–H and O–H groups in total. The van der Waals surface area contributed by atoms with Gasteiger partial charge < -0.3 is 48.0 Å². The molecule has 0 unspecified atom stereocenters. The van der Waals surface area contributed by atoms with Crippen molar-refractivity contribution in [3.63, 3.8) is 0 Å². The molecule has 0 spiro atoms. The van der Waals surface area contributed by atoms with Crippen LogP contribution >= 0.6 is 0 Å². The van der Waals surface area contributed by atoms with E-state index in [9.17, 15) is 14.4 Å². The lowest BCUT2D eigenvalue weighted by Gasteiger charge is -2.39. The molecular weight excluding hydrogens is 1060 g/mol. The molecule has 2 aliphatic heterocycles. The van der Waals surface area contributed by atoms with E-state index >= 15 is 0 Å². The molecule has 7 aromatic rings. The zero-order valence-corrected chi connectivity index (χ0v) is 49.5. The maximum absolute atomic E-state index is 14.9. The SMILES string of the molecule is CC(C)(C)OC(=O)N1CCN(C(=O)C(C)(C)Oc2cccc(N3CCC[C@@H](C(=O)N(CCOCCOCCOCCOCc4ccccc4)Cc4ccc(-c5cnn(C(c6ccccc6)(c6ccccc6)c6ccccc6)c5)cc4)C3)c2)CC1. The van der Waals surface area contributed by atoms with Crippen molar-refractivity contribution in [1.29, 1.82) is 0 Å². The molecule has 2 fully saturated rings. The largest absolute Gasteiger partial charge is 0.478 e. The molecule has 3 heterocycles. The first-order chi connectivity index (χ1) is 40.8. The average molecular weight is 1140 g/mol. The van der Waals surface area contributed by atoms with Gasteiger partial charge in [0.25, 0.3) is 5.91 Å². The van der Waals surface area contributed by atoms with Crippen molar-refractivity contribution in [2.24, 2.45) is 5.92 Å². The second-order valence-corrected chi connectivity index (χ2v) is 23.0. The number of piperazine rings is 1. The summed E-state index contributed by atoms with van der Waals surface area (Å²) >= 11 is 0. The Kier molecular flexibility index (Phi) is 21.1. The van der Waals surface area contributed by atoms with Crippen LogP contribution in [0.2, 0.25) is 0 Å². The van der Waals surface area contributed by atoms with Crippen LogP contribution in [0, 0.1) is 5.92 Å². The van der Waals surface area contributed by atoms with Crippen LogP contribution in [-0.2, 0) is 52.0 Å². The lowest BCUT2D eigenvalue weighted by Crippen LogP contribution is -2.57. The predicted octanol–water partition coefficient (Wildman–Crippen LogP) is 11.1. The van der Waals surface area contributed by atoms with Crippen molar-refractivity contribution in [3.8, 4) is 16.9 Å². The number of benzene rings is 6. The standard InChI is InChI=1S/C69H82N6O9/c1-67(2,3)84-66(78)72-38-36-71(37-39-72)65(77)68(4,5)83-63-30-18-29-62(48-63)73-35-19-22-57(51-73)64(76)74(40-41-79-42-43-80-44-45-81-46-47-82-53-55-20-10-6-11-21-55)50-54-31-33-56(34-32-54)58-49-70-75(52-58)69(59-23-12-7-13-24-59,60-25-14-8-15-26-60)61-27-16-9-17-28-61/h6-18,20-21,23-34,48-49,52,57H,19,22,35-47,50-51,53H2,1-5H3/t57-/m1/s1. The second-order valence-electron chi connectivity index (χ2n) is 23.0. The summed E-state index contributed by atoms with van der Waals surface area (Å²) in [7, 11) is 0. The summed E-state index contributed by atoms with van der Waals surface area (Å²) in [6.45, 7) is 16.3. The lowest BCUT2D eigenvalue weighted by molar-refractivity contribution is -0.147. The smallest absolute Gasteiger partial charge is 0.410 e. The Morgan fingerprint density at radius 1 is 0.571 bits per heavy atom. The monoisotopic (exact) mass is 1140 g/mol. The minimum absolute atomic E-state index is 0.0692. The Morgan fingerprint density at radius 3 is 1.70 bits per heavy atom. The number of hydrogen-bond donors (Lipinski definition) is 0. The van der Waals surface area contributed by atoms with Crippen LogP contribution in [0.3, 0.4) is 0 Å². The van der Waals surface area contributed by atoms with E-state index in [0.717, 1.165) is 64.0 Å². The van der Waals surface area contributed by atoms with Gasteiger partial charge in [-0.1, -0.05) is 152 Å². The number of carbonyl (C=O) groups is 3. The molecule has 0 bridgehead atoms. The molecule has 15 heteroatoms. The highest BCUT2D eigenvalue weighted by molar-refractivity contribution is 5.85. The van der Waals surface area contributed by atoms with Gasteiger partial charge >= 0.3 is 6.09 Å². The van der Waals surface area contributed by atoms with Crippen molar-refractivity contribution in [2.75, 3.05) is 97.0 Å². The molecule has 2 saturated heterocycles. The van der Waals surface area contributed by atoms with Crippen molar-refractivity contribution >= 4 is 23.6 Å². The van der Waals surface area contributed by atoms with Gasteiger partial charge in [0.05, 0.1) is 65.0 Å². The Labute approximate surface area is 496 Å². The number of piperidine rings is 1. The van der Waals surface area contributed by atoms with Crippen LogP contribution in [0.1, 0.15) is 75.3 Å². The van der Waals surface area contributed by atoms with E-state index in [1.165, 1.54) is 0 Å². The number of nitrogens with zero attached hydrogens (tertiary/aromatic N) is 6. The first-order valence-electron chi connectivity index (χ1n) is 29.5. The zero-order chi connectivity index (χ0) is 58.8. The molecule has 2 aliphatic rings. The summed E-state index contributed by atoms with van der Waals surface area (Å²) < 4.78 is 37.4. The van der Waals surface area contributed by atoms with Gasteiger partial charge in [-0.25, -0.2) is 4.79 Å². The fourth-order valence-electron chi connectivity index (χ4n) is 11.0. The van der Waals surface area contributed by atoms with Gasteiger partial charge in [0, 0.05) is 75.9 Å². The number of ether oxygens (including phenoxy) is 6. The molecule has 9 rings (SSSR count). The predicted molar refractivity (Wildman–Crippen MR) is 327 cm³/mol. The molecule has 3 amide bonds. The fourth-order valence-corrected chi connectivity index (χ4v) is 11.0. The summed E-state index contributed by atoms with van der Waals surface area (Å²) in [6.07, 6.45) is 5.27. The van der Waals surface area contributed by atoms with E-state index in [1.807, 2.05) is 105 Å². The first-order valence-corrected chi connectivity index (χ1v) is 29.5. The number of hydrogen-bond acceptors (Lipinski definition) is 11. The number of carbonyl (C=O) groups excluding carboxylic acids is 3. The van der Waals surface area contributed by atoms with E-state index in [-0.39, 0.29) is 23.8 Å². The van der Waals surface area contributed by atoms with Crippen LogP contribution in [-0.4, -0.2) is 146 Å². The normalized spacial score (nSPS) is 15.0. The third-order valence-corrected chi connectivity index (χ3v) is 15.3. The molecule has 0 aliphatic carbocycles. The lowest BCUT2D eigenvalue weighted by atomic mass is 9.77. The molecule has 0 radical (unpaired) electrons. The van der Waals surface area contributed by atoms with E-state index in [0.29, 0.717) is 104 Å². The maximum Gasteiger partial charge on any atom is 0.410 e. The highest BCUT2D eigenvalue weighted by Gasteiger charge is 2.40. The van der Waals surface area contributed by atoms with Crippen molar-refractivity contribution < 1.29 is 42.8 Å². The molecule has 15 nitrogen and oxygen atoms in total. The quantitative estimate of drug-likeness (QED) is 0.0378. The molecule has 1 aromatic heterocycles. The molecule has 442 valence electrons. The first kappa shape index (κ1) is 60.8. The van der Waals surface area contributed by atoms with Gasteiger partial charge in [-0.2, -0.15) is 5.10 Å². The van der Waals surface area contributed by atoms with Crippen LogP contribution in [0.15, 0.2) is 182 Å². The van der Waals surface area contributed by atoms with Gasteiger partial charge in [-0.15, -0.1) is 0 Å². The van der Waals surface area contributed by atoms with Crippen molar-refractivity contribution in [1.82, 2.24) is 24.5 Å². The van der Waals surface area contributed by atoms with Crippen LogP contribution in [0.4, 0.5) is 10.5 Å². The van der Waals surface area contributed by atoms with Gasteiger partial charge in [0.2, 0.25) is 5.91 Å². The number of aromatic nitrogens is 2. The van der Waals surface area contributed by atoms with Crippen molar-refractivity contribution in [2.45, 2.75) is 77.4 Å². The number of amides is 3. The third-order valence-electron chi connectivity index (χ3n) is 15.3. The van der Waals surface area contributed by atoms with E-state index in [2.05, 4.69) is 113 Å². The summed E-state index contributed by atoms with van der Waals surface area (Å²) in [5.74, 6) is 0.207. The van der Waals surface area contributed by atoms with E-state index in [1.54, 1.807) is 23.6 Å². The summed E-state index contributed by atoms with van der Waals surface area (Å²) in [4.78, 5) is 49.1. The van der Waals surface area contributed by atoms with Crippen molar-refractivity contribution in [3.05, 3.63) is 210 Å². The van der Waals surface area contributed by atoms with Gasteiger partial charge in [0.15, 0.2) is 5.60 Å². The Hall–Kier alpha value is -7.82. The Balaban J connectivity index is 0.845. The maximum atomic E-state index is 14.9. The van der Waals surface area contributed by atoms with E-state index < -0.39 is 16.7 Å². The highest BCUT2D eigenvalue weighted by Crippen LogP contribution is 2.41. The molecule has 1 atom stereocenters. The van der Waals surface area contributed by atoms with Gasteiger partial charge in [0.1, 0.15) is 16.9 Å². The number of rotatable bonds is 26. The highest BCUT2D eigenvalue weighted by atomic mass is 16.6. The molecule has 84 heavy (non-hydrogen) atoms. The summed E-state index contributed by atoms with van der Waals surface area (Å²) in [6, 6.07) is 57.9. The Morgan fingerprint density at radius 2 is 1.12 bits per heavy atom. The molecular formula is C69H82N6O9. The fraction of sp³-hybridized carbons (Fsp3) is 0.391. The van der Waals surface area contributed by atoms with E-state index in [4.69, 9.17) is 33.5 Å². The summed E-state index contributed by atoms with van der Waals surface area (Å²) in [5.41, 5.74) is 5.81. The van der Waals surface area contributed by atoms with Crippen LogP contribution in [0.5, 0.6) is 5.75 Å². The van der Waals surface area contributed by atoms with Gasteiger partial charge in [-0.3, -0.25) is 14.3 Å². The minimum atomic E-state index is -1.17. The van der Waals surface area contributed by atoms with Gasteiger partial charge in [-0.05, 0) is 93.0 Å². The van der Waals surface area contributed by atoms with Crippen LogP contribution in [0.25, 0.3) is 11.1 Å². The molecule has 0 saturated carbocycles. The Bertz CT molecular complexity index is 3050. The molecule has 6 aromatic carbocycles. The second kappa shape index (κ2) is 29.1. The number of anilines is 1. The average Bonchev–Trinajstić information content (AvgIpc) is 3.92. The third kappa shape index (κ3) is 16.1. The minimum Gasteiger partial charge on any atom is -0.478 e. The summed E-state index contributed by atoms with van der Waals surface area (Å²) in [5, 5.41) is 5.11. The topological polar surface area (TPSA) is 137 Å².